The first-order valence-corrected chi connectivity index (χ1v) is 14.3. The van der Waals surface area contributed by atoms with Crippen LogP contribution in [0.25, 0.3) is 0 Å². The molecule has 0 heterocycles. The van der Waals surface area contributed by atoms with Crippen LogP contribution in [-0.4, -0.2) is 31.1 Å². The quantitative estimate of drug-likeness (QED) is 0.0763. The maximum Gasteiger partial charge on any atom is 0.285 e. The molecule has 182 valence electrons. The smallest absolute Gasteiger partial charge is 0.285 e. The Morgan fingerprint density at radius 3 is 1.27 bits per heavy atom. The summed E-state index contributed by atoms with van der Waals surface area (Å²) >= 11 is 3.52. The topological polar surface area (TPSA) is 27.7 Å². The zero-order valence-electron chi connectivity index (χ0n) is 20.8. The molecule has 0 spiro atoms. The van der Waals surface area contributed by atoms with E-state index >= 15 is 0 Å². The predicted molar refractivity (Wildman–Crippen MR) is 134 cm³/mol. The first-order chi connectivity index (χ1) is 14.7. The molecule has 1 unspecified atom stereocenters. The van der Waals surface area contributed by atoms with Gasteiger partial charge in [-0.1, -0.05) is 106 Å². The first-order valence-electron chi connectivity index (χ1n) is 13.2. The van der Waals surface area contributed by atoms with Gasteiger partial charge in [0.2, 0.25) is 0 Å². The Kier molecular flexibility index (Phi) is 22.8. The summed E-state index contributed by atoms with van der Waals surface area (Å²) in [5.41, 5.74) is 0. The third-order valence-corrected chi connectivity index (χ3v) is 6.44. The van der Waals surface area contributed by atoms with E-state index in [-0.39, 0.29) is 0 Å². The molecule has 3 nitrogen and oxygen atoms in total. The zero-order valence-corrected chi connectivity index (χ0v) is 22.4. The Labute approximate surface area is 197 Å². The van der Waals surface area contributed by atoms with Crippen LogP contribution in [0.4, 0.5) is 0 Å². The summed E-state index contributed by atoms with van der Waals surface area (Å²) in [6, 6.07) is 0. The van der Waals surface area contributed by atoms with Gasteiger partial charge in [-0.15, -0.1) is 0 Å². The number of ether oxygens (including phenoxy) is 3. The second kappa shape index (κ2) is 22.6. The molecule has 0 aliphatic carbocycles. The van der Waals surface area contributed by atoms with Crippen LogP contribution in [0.5, 0.6) is 0 Å². The molecule has 0 amide bonds. The van der Waals surface area contributed by atoms with Crippen molar-refractivity contribution in [2.45, 2.75) is 136 Å². The fourth-order valence-corrected chi connectivity index (χ4v) is 4.69. The average Bonchev–Trinajstić information content (AvgIpc) is 2.74. The summed E-state index contributed by atoms with van der Waals surface area (Å²) in [7, 11) is 0. The summed E-state index contributed by atoms with van der Waals surface area (Å²) in [6.07, 6.45) is 20.9. The van der Waals surface area contributed by atoms with Gasteiger partial charge >= 0.3 is 0 Å². The third kappa shape index (κ3) is 15.2. The van der Waals surface area contributed by atoms with Gasteiger partial charge in [-0.25, -0.2) is 0 Å². The van der Waals surface area contributed by atoms with E-state index in [4.69, 9.17) is 14.2 Å². The van der Waals surface area contributed by atoms with E-state index in [0.717, 1.165) is 18.2 Å². The Balaban J connectivity index is 4.56. The summed E-state index contributed by atoms with van der Waals surface area (Å²) in [4.78, 5) is 0. The van der Waals surface area contributed by atoms with Crippen molar-refractivity contribution in [3.8, 4) is 0 Å². The highest BCUT2D eigenvalue weighted by Gasteiger charge is 2.41. The van der Waals surface area contributed by atoms with Crippen LogP contribution in [-0.2, 0) is 14.2 Å². The maximum absolute atomic E-state index is 6.15. The van der Waals surface area contributed by atoms with Crippen LogP contribution < -0.4 is 0 Å². The van der Waals surface area contributed by atoms with Gasteiger partial charge in [-0.3, -0.25) is 0 Å². The molecule has 0 saturated carbocycles. The first kappa shape index (κ1) is 30.4. The molecule has 0 radical (unpaired) electrons. The zero-order chi connectivity index (χ0) is 22.3. The highest BCUT2D eigenvalue weighted by atomic mass is 79.9. The second-order valence-corrected chi connectivity index (χ2v) is 9.26. The van der Waals surface area contributed by atoms with Crippen LogP contribution in [0.3, 0.4) is 0 Å². The number of rotatable bonds is 24. The fourth-order valence-electron chi connectivity index (χ4n) is 4.30. The molecule has 0 N–H and O–H groups in total. The number of hydrogen-bond donors (Lipinski definition) is 0. The van der Waals surface area contributed by atoms with Crippen molar-refractivity contribution in [2.24, 2.45) is 5.92 Å². The molecule has 0 bridgehead atoms. The highest BCUT2D eigenvalue weighted by Crippen LogP contribution is 2.34. The predicted octanol–water partition coefficient (Wildman–Crippen LogP) is 9.02. The highest BCUT2D eigenvalue weighted by molar-refractivity contribution is 9.09. The van der Waals surface area contributed by atoms with Crippen molar-refractivity contribution in [2.75, 3.05) is 25.2 Å². The van der Waals surface area contributed by atoms with Gasteiger partial charge in [-0.2, -0.15) is 0 Å². The minimum atomic E-state index is -0.850. The Hall–Kier alpha value is 0.360. The van der Waals surface area contributed by atoms with Crippen LogP contribution in [0, 0.1) is 5.92 Å². The minimum Gasteiger partial charge on any atom is -0.328 e. The summed E-state index contributed by atoms with van der Waals surface area (Å²) in [5, 5.41) is 1.15. The van der Waals surface area contributed by atoms with Gasteiger partial charge in [0.25, 0.3) is 5.97 Å². The van der Waals surface area contributed by atoms with Crippen molar-refractivity contribution < 1.29 is 14.2 Å². The SMILES string of the molecule is CCCCCCCCC(CCCCCCCCCCBr)C(OCC)(OCC)OCC. The average molecular weight is 494 g/mol. The van der Waals surface area contributed by atoms with Crippen molar-refractivity contribution in [3.05, 3.63) is 0 Å². The van der Waals surface area contributed by atoms with E-state index in [9.17, 15) is 0 Å². The van der Waals surface area contributed by atoms with Crippen molar-refractivity contribution in [1.82, 2.24) is 0 Å². The van der Waals surface area contributed by atoms with Crippen LogP contribution in [0.15, 0.2) is 0 Å². The molecule has 0 aromatic heterocycles. The Bertz CT molecular complexity index is 321. The molecule has 4 heteroatoms. The lowest BCUT2D eigenvalue weighted by Crippen LogP contribution is -2.46. The number of halogens is 1. The van der Waals surface area contributed by atoms with Gasteiger partial charge < -0.3 is 14.2 Å². The minimum absolute atomic E-state index is 0.322. The van der Waals surface area contributed by atoms with Crippen molar-refractivity contribution in [3.63, 3.8) is 0 Å². The monoisotopic (exact) mass is 492 g/mol. The second-order valence-electron chi connectivity index (χ2n) is 8.46. The standard InChI is InChI=1S/C26H53BrO3/c1-5-9-10-11-16-19-22-25(26(28-6-2,29-7-3)30-8-4)23-20-17-14-12-13-15-18-21-24-27/h25H,5-24H2,1-4H3. The Morgan fingerprint density at radius 2 is 0.900 bits per heavy atom. The lowest BCUT2D eigenvalue weighted by molar-refractivity contribution is -0.403. The van der Waals surface area contributed by atoms with Gasteiger partial charge in [0, 0.05) is 31.1 Å². The van der Waals surface area contributed by atoms with Crippen molar-refractivity contribution >= 4 is 15.9 Å². The normalized spacial score (nSPS) is 13.1. The maximum atomic E-state index is 6.15. The van der Waals surface area contributed by atoms with Gasteiger partial charge in [0.1, 0.15) is 0 Å². The van der Waals surface area contributed by atoms with Crippen molar-refractivity contribution in [1.29, 1.82) is 0 Å². The lowest BCUT2D eigenvalue weighted by atomic mass is 9.91. The summed E-state index contributed by atoms with van der Waals surface area (Å²) in [5.74, 6) is -0.528. The molecule has 0 rings (SSSR count). The Morgan fingerprint density at radius 1 is 0.533 bits per heavy atom. The van der Waals surface area contributed by atoms with Crippen LogP contribution in [0.1, 0.15) is 130 Å². The largest absolute Gasteiger partial charge is 0.328 e. The van der Waals surface area contributed by atoms with Gasteiger partial charge in [-0.05, 0) is 40.0 Å². The van der Waals surface area contributed by atoms with E-state index in [0.29, 0.717) is 25.7 Å². The molecule has 0 aliphatic rings. The molecule has 0 fully saturated rings. The number of alkyl halides is 1. The molecular weight excluding hydrogens is 440 g/mol. The molecule has 0 aromatic rings. The summed E-state index contributed by atoms with van der Waals surface area (Å²) in [6.45, 7) is 10.3. The fraction of sp³-hybridized carbons (Fsp3) is 1.00. The van der Waals surface area contributed by atoms with E-state index < -0.39 is 5.97 Å². The van der Waals surface area contributed by atoms with E-state index in [1.54, 1.807) is 0 Å². The third-order valence-electron chi connectivity index (χ3n) is 5.88. The van der Waals surface area contributed by atoms with E-state index in [1.807, 2.05) is 20.8 Å². The lowest BCUT2D eigenvalue weighted by Gasteiger charge is -2.39. The molecular formula is C26H53BrO3. The molecule has 0 aliphatic heterocycles. The molecule has 0 aromatic carbocycles. The molecule has 1 atom stereocenters. The van der Waals surface area contributed by atoms with E-state index in [2.05, 4.69) is 22.9 Å². The number of hydrogen-bond acceptors (Lipinski definition) is 3. The summed E-state index contributed by atoms with van der Waals surface area (Å²) < 4.78 is 18.5. The van der Waals surface area contributed by atoms with Gasteiger partial charge in [0.05, 0.1) is 0 Å². The van der Waals surface area contributed by atoms with Gasteiger partial charge in [0.15, 0.2) is 0 Å². The van der Waals surface area contributed by atoms with Crippen LogP contribution in [0.2, 0.25) is 0 Å². The number of unbranched alkanes of at least 4 members (excludes halogenated alkanes) is 12. The van der Waals surface area contributed by atoms with Crippen LogP contribution >= 0.6 is 15.9 Å². The van der Waals surface area contributed by atoms with E-state index in [1.165, 1.54) is 89.9 Å². The molecule has 0 saturated heterocycles. The molecule has 30 heavy (non-hydrogen) atoms.